The first-order chi connectivity index (χ1) is 9.66. The first kappa shape index (κ1) is 17.4. The Morgan fingerprint density at radius 1 is 1.48 bits per heavy atom. The quantitative estimate of drug-likeness (QED) is 0.623. The number of hydrogen-bond donors (Lipinski definition) is 2. The zero-order valence-corrected chi connectivity index (χ0v) is 13.1. The smallest absolute Gasteiger partial charge is 0.271 e. The fourth-order valence-electron chi connectivity index (χ4n) is 2.24. The summed E-state index contributed by atoms with van der Waals surface area (Å²) in [5.41, 5.74) is 5.11. The molecule has 0 aliphatic heterocycles. The number of carbonyl (C=O) groups is 1. The van der Waals surface area contributed by atoms with Gasteiger partial charge >= 0.3 is 0 Å². The van der Waals surface area contributed by atoms with Crippen molar-refractivity contribution in [2.75, 3.05) is 6.54 Å². The van der Waals surface area contributed by atoms with E-state index in [1.807, 2.05) is 20.8 Å². The number of nitrogens with zero attached hydrogens (tertiary/aromatic N) is 1. The van der Waals surface area contributed by atoms with E-state index < -0.39 is 16.4 Å². The minimum atomic E-state index is -0.584. The topological polar surface area (TPSA) is 98.3 Å². The van der Waals surface area contributed by atoms with Crippen molar-refractivity contribution < 1.29 is 9.72 Å². The zero-order valence-electron chi connectivity index (χ0n) is 12.4. The molecular weight excluding hydrogens is 294 g/mol. The van der Waals surface area contributed by atoms with Gasteiger partial charge in [0.25, 0.3) is 11.6 Å². The van der Waals surface area contributed by atoms with Crippen LogP contribution in [0.2, 0.25) is 5.02 Å². The van der Waals surface area contributed by atoms with Crippen LogP contribution in [0.5, 0.6) is 0 Å². The van der Waals surface area contributed by atoms with Crippen molar-refractivity contribution in [3.63, 3.8) is 0 Å². The molecule has 0 saturated heterocycles. The summed E-state index contributed by atoms with van der Waals surface area (Å²) < 4.78 is 0. The summed E-state index contributed by atoms with van der Waals surface area (Å²) in [5.74, 6) is -0.0678. The lowest BCUT2D eigenvalue weighted by Crippen LogP contribution is -2.52. The number of nitro groups is 1. The highest BCUT2D eigenvalue weighted by molar-refractivity contribution is 6.31. The predicted molar refractivity (Wildman–Crippen MR) is 82.5 cm³/mol. The summed E-state index contributed by atoms with van der Waals surface area (Å²) in [7, 11) is 0. The fraction of sp³-hybridized carbons (Fsp3) is 0.500. The van der Waals surface area contributed by atoms with Gasteiger partial charge in [0.1, 0.15) is 0 Å². The fourth-order valence-corrected chi connectivity index (χ4v) is 2.47. The largest absolute Gasteiger partial charge is 0.346 e. The van der Waals surface area contributed by atoms with Crippen molar-refractivity contribution in [3.8, 4) is 0 Å². The van der Waals surface area contributed by atoms with Crippen molar-refractivity contribution >= 4 is 23.2 Å². The summed E-state index contributed by atoms with van der Waals surface area (Å²) in [5, 5.41) is 13.8. The van der Waals surface area contributed by atoms with Gasteiger partial charge in [-0.3, -0.25) is 14.9 Å². The summed E-state index contributed by atoms with van der Waals surface area (Å²) >= 11 is 5.82. The van der Waals surface area contributed by atoms with E-state index in [-0.39, 0.29) is 22.8 Å². The van der Waals surface area contributed by atoms with Gasteiger partial charge in [0.05, 0.1) is 4.92 Å². The molecular formula is C14H20ClN3O3. The molecule has 1 aromatic carbocycles. The first-order valence-corrected chi connectivity index (χ1v) is 7.02. The maximum absolute atomic E-state index is 12.3. The van der Waals surface area contributed by atoms with Crippen molar-refractivity contribution in [1.82, 2.24) is 5.32 Å². The Morgan fingerprint density at radius 2 is 2.10 bits per heavy atom. The van der Waals surface area contributed by atoms with Gasteiger partial charge in [-0.25, -0.2) is 0 Å². The third kappa shape index (κ3) is 4.99. The Kier molecular flexibility index (Phi) is 5.69. The highest BCUT2D eigenvalue weighted by atomic mass is 35.5. The number of carbonyl (C=O) groups excluding carboxylic acids is 1. The van der Waals surface area contributed by atoms with Crippen molar-refractivity contribution in [3.05, 3.63) is 38.9 Å². The van der Waals surface area contributed by atoms with Crippen LogP contribution in [0.15, 0.2) is 18.2 Å². The highest BCUT2D eigenvalue weighted by Crippen LogP contribution is 2.22. The number of non-ortho nitro benzene ring substituents is 1. The molecule has 116 valence electrons. The van der Waals surface area contributed by atoms with Gasteiger partial charge in [-0.1, -0.05) is 25.4 Å². The number of nitrogens with one attached hydrogen (secondary N) is 1. The second-order valence-electron chi connectivity index (χ2n) is 5.77. The molecule has 1 rings (SSSR count). The molecule has 0 aliphatic rings. The number of amides is 1. The molecule has 1 aromatic rings. The second-order valence-corrected chi connectivity index (χ2v) is 6.21. The summed E-state index contributed by atoms with van der Waals surface area (Å²) in [6.45, 7) is 6.19. The standard InChI is InChI=1S/C14H20ClN3O3/c1-9(2)7-14(3,8-16)17-13(19)10-4-11(15)6-12(5-10)18(20)21/h4-6,9H,7-8,16H2,1-3H3,(H,17,19). The molecule has 0 fully saturated rings. The molecule has 7 heteroatoms. The molecule has 1 atom stereocenters. The maximum Gasteiger partial charge on any atom is 0.271 e. The lowest BCUT2D eigenvalue weighted by atomic mass is 9.90. The number of nitrogens with two attached hydrogens (primary N) is 1. The molecule has 21 heavy (non-hydrogen) atoms. The minimum absolute atomic E-state index is 0.146. The third-order valence-corrected chi connectivity index (χ3v) is 3.30. The molecule has 1 unspecified atom stereocenters. The van der Waals surface area contributed by atoms with Crippen LogP contribution in [-0.4, -0.2) is 22.9 Å². The average Bonchev–Trinajstić information content (AvgIpc) is 2.36. The van der Waals surface area contributed by atoms with Crippen LogP contribution in [0.1, 0.15) is 37.6 Å². The second kappa shape index (κ2) is 6.87. The molecule has 0 bridgehead atoms. The highest BCUT2D eigenvalue weighted by Gasteiger charge is 2.27. The van der Waals surface area contributed by atoms with Crippen LogP contribution in [-0.2, 0) is 0 Å². The monoisotopic (exact) mass is 313 g/mol. The van der Waals surface area contributed by atoms with Gasteiger partial charge in [-0.05, 0) is 25.3 Å². The van der Waals surface area contributed by atoms with Crippen molar-refractivity contribution in [1.29, 1.82) is 0 Å². The number of halogens is 1. The van der Waals surface area contributed by atoms with E-state index in [2.05, 4.69) is 5.32 Å². The average molecular weight is 314 g/mol. The van der Waals surface area contributed by atoms with E-state index in [0.717, 1.165) is 0 Å². The summed E-state index contributed by atoms with van der Waals surface area (Å²) in [4.78, 5) is 22.5. The molecule has 0 heterocycles. The molecule has 0 aromatic heterocycles. The van der Waals surface area contributed by atoms with E-state index >= 15 is 0 Å². The minimum Gasteiger partial charge on any atom is -0.346 e. The number of nitro benzene ring substituents is 1. The van der Waals surface area contributed by atoms with E-state index in [4.69, 9.17) is 17.3 Å². The Labute approximate surface area is 128 Å². The van der Waals surface area contributed by atoms with Crippen molar-refractivity contribution in [2.45, 2.75) is 32.7 Å². The van der Waals surface area contributed by atoms with E-state index in [1.54, 1.807) is 0 Å². The first-order valence-electron chi connectivity index (χ1n) is 6.64. The number of hydrogen-bond acceptors (Lipinski definition) is 4. The Morgan fingerprint density at radius 3 is 2.57 bits per heavy atom. The summed E-state index contributed by atoms with van der Waals surface area (Å²) in [6.07, 6.45) is 0.706. The van der Waals surface area contributed by atoms with Crippen molar-refractivity contribution in [2.24, 2.45) is 11.7 Å². The zero-order chi connectivity index (χ0) is 16.2. The number of rotatable bonds is 6. The van der Waals surface area contributed by atoms with Gasteiger partial charge in [0, 0.05) is 34.8 Å². The maximum atomic E-state index is 12.3. The lowest BCUT2D eigenvalue weighted by Gasteiger charge is -2.31. The molecule has 0 spiro atoms. The predicted octanol–water partition coefficient (Wildman–Crippen LogP) is 2.74. The molecule has 1 amide bonds. The van der Waals surface area contributed by atoms with Gasteiger partial charge in [-0.2, -0.15) is 0 Å². The van der Waals surface area contributed by atoms with Crippen LogP contribution < -0.4 is 11.1 Å². The van der Waals surface area contributed by atoms with Crippen LogP contribution in [0.3, 0.4) is 0 Å². The molecule has 0 saturated carbocycles. The molecule has 0 radical (unpaired) electrons. The van der Waals surface area contributed by atoms with Gasteiger partial charge < -0.3 is 11.1 Å². The van der Waals surface area contributed by atoms with Gasteiger partial charge in [-0.15, -0.1) is 0 Å². The van der Waals surface area contributed by atoms with Crippen LogP contribution >= 0.6 is 11.6 Å². The lowest BCUT2D eigenvalue weighted by molar-refractivity contribution is -0.384. The van der Waals surface area contributed by atoms with Crippen LogP contribution in [0.4, 0.5) is 5.69 Å². The van der Waals surface area contributed by atoms with E-state index in [1.165, 1.54) is 18.2 Å². The van der Waals surface area contributed by atoms with E-state index in [0.29, 0.717) is 12.3 Å². The van der Waals surface area contributed by atoms with Gasteiger partial charge in [0.15, 0.2) is 0 Å². The molecule has 3 N–H and O–H groups in total. The number of benzene rings is 1. The Bertz CT molecular complexity index is 548. The summed E-state index contributed by atoms with van der Waals surface area (Å²) in [6, 6.07) is 3.80. The van der Waals surface area contributed by atoms with E-state index in [9.17, 15) is 14.9 Å². The molecule has 6 nitrogen and oxygen atoms in total. The third-order valence-electron chi connectivity index (χ3n) is 3.08. The van der Waals surface area contributed by atoms with Gasteiger partial charge in [0.2, 0.25) is 0 Å². The normalized spacial score (nSPS) is 13.8. The Balaban J connectivity index is 3.00. The van der Waals surface area contributed by atoms with Crippen LogP contribution in [0, 0.1) is 16.0 Å². The molecule has 0 aliphatic carbocycles. The van der Waals surface area contributed by atoms with Crippen LogP contribution in [0.25, 0.3) is 0 Å². The SMILES string of the molecule is CC(C)CC(C)(CN)NC(=O)c1cc(Cl)cc([N+](=O)[O-])c1. The Hall–Kier alpha value is -1.66.